The van der Waals surface area contributed by atoms with Crippen LogP contribution in [0.4, 0.5) is 5.69 Å². The normalized spacial score (nSPS) is 11.9. The SMILES string of the molecule is CCNC(=O)[C@@H](C)N(Cc1cccc(Cl)c1)C(=O)CN(c1cc(Cl)ccc1OC)S(=O)(=O)c1ccccc1. The molecule has 11 heteroatoms. The van der Waals surface area contributed by atoms with Crippen molar-refractivity contribution in [2.45, 2.75) is 31.3 Å². The number of amides is 2. The molecule has 3 aromatic rings. The van der Waals surface area contributed by atoms with Gasteiger partial charge in [-0.25, -0.2) is 8.42 Å². The van der Waals surface area contributed by atoms with Gasteiger partial charge in [-0.1, -0.05) is 53.5 Å². The van der Waals surface area contributed by atoms with Crippen LogP contribution in [0.3, 0.4) is 0 Å². The molecule has 0 aliphatic carbocycles. The molecule has 1 atom stereocenters. The van der Waals surface area contributed by atoms with E-state index in [0.717, 1.165) is 4.31 Å². The van der Waals surface area contributed by atoms with Crippen LogP contribution in [0.2, 0.25) is 10.0 Å². The predicted octanol–water partition coefficient (Wildman–Crippen LogP) is 4.75. The quantitative estimate of drug-likeness (QED) is 0.354. The van der Waals surface area contributed by atoms with Crippen LogP contribution >= 0.6 is 23.2 Å². The molecule has 2 amide bonds. The Balaban J connectivity index is 2.09. The van der Waals surface area contributed by atoms with Crippen LogP contribution in [0.25, 0.3) is 0 Å². The van der Waals surface area contributed by atoms with Gasteiger partial charge in [0.2, 0.25) is 11.8 Å². The Kier molecular flexibility index (Phi) is 10.0. The molecule has 0 bridgehead atoms. The number of methoxy groups -OCH3 is 1. The fraction of sp³-hybridized carbons (Fsp3) is 0.259. The van der Waals surface area contributed by atoms with Crippen molar-refractivity contribution >= 4 is 50.7 Å². The van der Waals surface area contributed by atoms with Crippen LogP contribution in [0.5, 0.6) is 5.75 Å². The monoisotopic (exact) mass is 577 g/mol. The maximum atomic E-state index is 13.9. The van der Waals surface area contributed by atoms with E-state index in [2.05, 4.69) is 5.32 Å². The second-order valence-corrected chi connectivity index (χ2v) is 11.1. The standard InChI is InChI=1S/C27H29Cl2N3O5S/c1-4-30-27(34)19(2)31(17-20-9-8-10-21(28)15-20)26(33)18-32(24-16-22(29)13-14-25(24)37-3)38(35,36)23-11-6-5-7-12-23/h5-16,19H,4,17-18H2,1-3H3,(H,30,34)/t19-/m1/s1. The Morgan fingerprint density at radius 3 is 2.29 bits per heavy atom. The van der Waals surface area contributed by atoms with E-state index >= 15 is 0 Å². The largest absolute Gasteiger partial charge is 0.495 e. The number of ether oxygens (including phenoxy) is 1. The average Bonchev–Trinajstić information content (AvgIpc) is 2.90. The molecule has 0 aliphatic rings. The van der Waals surface area contributed by atoms with Gasteiger partial charge in [-0.05, 0) is 61.9 Å². The van der Waals surface area contributed by atoms with E-state index in [4.69, 9.17) is 27.9 Å². The van der Waals surface area contributed by atoms with Crippen molar-refractivity contribution in [2.75, 3.05) is 24.5 Å². The lowest BCUT2D eigenvalue weighted by Crippen LogP contribution is -2.51. The zero-order valence-corrected chi connectivity index (χ0v) is 23.6. The first-order chi connectivity index (χ1) is 18.1. The Morgan fingerprint density at radius 1 is 0.974 bits per heavy atom. The summed E-state index contributed by atoms with van der Waals surface area (Å²) in [5.41, 5.74) is 0.769. The number of hydrogen-bond donors (Lipinski definition) is 1. The number of sulfonamides is 1. The first kappa shape index (κ1) is 29.3. The van der Waals surface area contributed by atoms with E-state index in [-0.39, 0.29) is 33.8 Å². The third-order valence-corrected chi connectivity index (χ3v) is 8.02. The third kappa shape index (κ3) is 6.98. The minimum Gasteiger partial charge on any atom is -0.495 e. The van der Waals surface area contributed by atoms with Gasteiger partial charge in [-0.3, -0.25) is 13.9 Å². The van der Waals surface area contributed by atoms with Gasteiger partial charge in [-0.15, -0.1) is 0 Å². The van der Waals surface area contributed by atoms with E-state index in [1.165, 1.54) is 36.3 Å². The van der Waals surface area contributed by atoms with Crippen molar-refractivity contribution in [1.82, 2.24) is 10.2 Å². The molecule has 3 aromatic carbocycles. The summed E-state index contributed by atoms with van der Waals surface area (Å²) in [6.45, 7) is 3.15. The number of nitrogens with one attached hydrogen (secondary N) is 1. The average molecular weight is 579 g/mol. The first-order valence-electron chi connectivity index (χ1n) is 11.8. The van der Waals surface area contributed by atoms with E-state index in [9.17, 15) is 18.0 Å². The number of halogens is 2. The molecular formula is C27H29Cl2N3O5S. The molecule has 0 unspecified atom stereocenters. The number of carbonyl (C=O) groups excluding carboxylic acids is 2. The van der Waals surface area contributed by atoms with Crippen molar-refractivity contribution in [3.8, 4) is 5.75 Å². The summed E-state index contributed by atoms with van der Waals surface area (Å²) in [7, 11) is -2.85. The lowest BCUT2D eigenvalue weighted by Gasteiger charge is -2.32. The summed E-state index contributed by atoms with van der Waals surface area (Å²) in [6, 6.07) is 18.2. The van der Waals surface area contributed by atoms with Gasteiger partial charge in [0.25, 0.3) is 10.0 Å². The van der Waals surface area contributed by atoms with Crippen LogP contribution in [0.1, 0.15) is 19.4 Å². The topological polar surface area (TPSA) is 96.0 Å². The van der Waals surface area contributed by atoms with Gasteiger partial charge >= 0.3 is 0 Å². The van der Waals surface area contributed by atoms with Crippen LogP contribution in [0, 0.1) is 0 Å². The van der Waals surface area contributed by atoms with Crippen molar-refractivity contribution in [3.63, 3.8) is 0 Å². The summed E-state index contributed by atoms with van der Waals surface area (Å²) in [4.78, 5) is 27.9. The van der Waals surface area contributed by atoms with Crippen molar-refractivity contribution in [3.05, 3.63) is 88.4 Å². The molecule has 8 nitrogen and oxygen atoms in total. The second-order valence-electron chi connectivity index (χ2n) is 8.36. The minimum absolute atomic E-state index is 0.0204. The number of anilines is 1. The number of nitrogens with zero attached hydrogens (tertiary/aromatic N) is 2. The molecular weight excluding hydrogens is 549 g/mol. The molecule has 0 heterocycles. The highest BCUT2D eigenvalue weighted by Crippen LogP contribution is 2.35. The van der Waals surface area contributed by atoms with Gasteiger partial charge in [0.05, 0.1) is 17.7 Å². The van der Waals surface area contributed by atoms with Gasteiger partial charge in [0.15, 0.2) is 0 Å². The van der Waals surface area contributed by atoms with Gasteiger partial charge in [-0.2, -0.15) is 0 Å². The fourth-order valence-electron chi connectivity index (χ4n) is 3.83. The van der Waals surface area contributed by atoms with Crippen LogP contribution in [0.15, 0.2) is 77.7 Å². The summed E-state index contributed by atoms with van der Waals surface area (Å²) in [5, 5.41) is 3.44. The van der Waals surface area contributed by atoms with Gasteiger partial charge in [0, 0.05) is 23.1 Å². The zero-order chi connectivity index (χ0) is 27.9. The highest BCUT2D eigenvalue weighted by Gasteiger charge is 2.33. The number of rotatable bonds is 11. The Morgan fingerprint density at radius 2 is 1.66 bits per heavy atom. The molecule has 0 saturated carbocycles. The number of likely N-dealkylation sites (N-methyl/N-ethyl adjacent to an activating group) is 1. The van der Waals surface area contributed by atoms with Crippen molar-refractivity contribution < 1.29 is 22.7 Å². The molecule has 0 spiro atoms. The molecule has 0 fully saturated rings. The molecule has 3 rings (SSSR count). The number of hydrogen-bond acceptors (Lipinski definition) is 5. The minimum atomic E-state index is -4.24. The molecule has 1 N–H and O–H groups in total. The van der Waals surface area contributed by atoms with E-state index in [0.29, 0.717) is 17.1 Å². The Labute approximate surface area is 233 Å². The van der Waals surface area contributed by atoms with Crippen LogP contribution in [-0.2, 0) is 26.2 Å². The maximum Gasteiger partial charge on any atom is 0.264 e. The summed E-state index contributed by atoms with van der Waals surface area (Å²) in [5.74, 6) is -0.772. The van der Waals surface area contributed by atoms with Crippen LogP contribution in [-0.4, -0.2) is 51.4 Å². The van der Waals surface area contributed by atoms with Gasteiger partial charge in [0.1, 0.15) is 18.3 Å². The number of carbonyl (C=O) groups is 2. The van der Waals surface area contributed by atoms with Gasteiger partial charge < -0.3 is 15.0 Å². The highest BCUT2D eigenvalue weighted by atomic mass is 35.5. The molecule has 38 heavy (non-hydrogen) atoms. The zero-order valence-electron chi connectivity index (χ0n) is 21.2. The molecule has 0 saturated heterocycles. The highest BCUT2D eigenvalue weighted by molar-refractivity contribution is 7.92. The molecule has 0 radical (unpaired) electrons. The van der Waals surface area contributed by atoms with E-state index in [1.807, 2.05) is 0 Å². The summed E-state index contributed by atoms with van der Waals surface area (Å²) >= 11 is 12.4. The maximum absolute atomic E-state index is 13.9. The smallest absolute Gasteiger partial charge is 0.264 e. The Hall–Kier alpha value is -3.27. The predicted molar refractivity (Wildman–Crippen MR) is 149 cm³/mol. The lowest BCUT2D eigenvalue weighted by atomic mass is 10.1. The lowest BCUT2D eigenvalue weighted by molar-refractivity contribution is -0.139. The molecule has 202 valence electrons. The van der Waals surface area contributed by atoms with E-state index < -0.39 is 28.5 Å². The summed E-state index contributed by atoms with van der Waals surface area (Å²) < 4.78 is 34.0. The van der Waals surface area contributed by atoms with Crippen LogP contribution < -0.4 is 14.4 Å². The Bertz CT molecular complexity index is 1390. The fourth-order valence-corrected chi connectivity index (χ4v) is 5.64. The van der Waals surface area contributed by atoms with Crippen molar-refractivity contribution in [1.29, 1.82) is 0 Å². The third-order valence-electron chi connectivity index (χ3n) is 5.78. The number of benzene rings is 3. The second kappa shape index (κ2) is 13.0. The molecule has 0 aromatic heterocycles. The first-order valence-corrected chi connectivity index (χ1v) is 14.0. The summed E-state index contributed by atoms with van der Waals surface area (Å²) in [6.07, 6.45) is 0. The molecule has 0 aliphatic heterocycles. The van der Waals surface area contributed by atoms with Crippen molar-refractivity contribution in [2.24, 2.45) is 0 Å². The van der Waals surface area contributed by atoms with E-state index in [1.54, 1.807) is 62.4 Å².